The zero-order chi connectivity index (χ0) is 12.3. The van der Waals surface area contributed by atoms with Gasteiger partial charge in [0.1, 0.15) is 5.76 Å². The summed E-state index contributed by atoms with van der Waals surface area (Å²) in [6.45, 7) is 0.512. The van der Waals surface area contributed by atoms with Gasteiger partial charge in [-0.05, 0) is 24.3 Å². The Morgan fingerprint density at radius 2 is 2.00 bits per heavy atom. The fraction of sp³-hybridized carbons (Fsp3) is 0.182. The molecule has 0 saturated heterocycles. The summed E-state index contributed by atoms with van der Waals surface area (Å²) >= 11 is 0. The molecule has 2 aromatic rings. The standard InChI is InChI=1S/C11H12N2O3S/c1-17(14,15)11-4-2-9(3-5-11)13-7-10-6-12-8-16-10/h2-6,8,13H,7H2,1H3. The first-order chi connectivity index (χ1) is 8.05. The highest BCUT2D eigenvalue weighted by Gasteiger charge is 2.05. The summed E-state index contributed by atoms with van der Waals surface area (Å²) in [5, 5.41) is 3.10. The molecule has 0 aliphatic carbocycles. The topological polar surface area (TPSA) is 72.2 Å². The highest BCUT2D eigenvalue weighted by Crippen LogP contribution is 2.14. The molecule has 1 heterocycles. The maximum atomic E-state index is 11.2. The van der Waals surface area contributed by atoms with Gasteiger partial charge in [0, 0.05) is 11.9 Å². The van der Waals surface area contributed by atoms with Crippen molar-refractivity contribution in [3.63, 3.8) is 0 Å². The van der Waals surface area contributed by atoms with Crippen molar-refractivity contribution < 1.29 is 12.8 Å². The Bertz CT molecular complexity index is 574. The summed E-state index contributed by atoms with van der Waals surface area (Å²) in [4.78, 5) is 4.10. The molecule has 0 bridgehead atoms. The lowest BCUT2D eigenvalue weighted by Crippen LogP contribution is -2.00. The van der Waals surface area contributed by atoms with Crippen molar-refractivity contribution in [3.8, 4) is 0 Å². The van der Waals surface area contributed by atoms with Gasteiger partial charge in [-0.1, -0.05) is 0 Å². The maximum absolute atomic E-state index is 11.2. The molecule has 17 heavy (non-hydrogen) atoms. The Hall–Kier alpha value is -1.82. The molecule has 0 amide bonds. The Morgan fingerprint density at radius 3 is 2.53 bits per heavy atom. The summed E-state index contributed by atoms with van der Waals surface area (Å²) < 4.78 is 27.6. The van der Waals surface area contributed by atoms with Gasteiger partial charge in [-0.25, -0.2) is 13.4 Å². The first kappa shape index (κ1) is 11.7. The van der Waals surface area contributed by atoms with E-state index in [1.165, 1.54) is 12.6 Å². The second kappa shape index (κ2) is 4.58. The number of aromatic nitrogens is 1. The molecule has 1 N–H and O–H groups in total. The molecule has 0 aliphatic heterocycles. The third-order valence-corrected chi connectivity index (χ3v) is 3.36. The predicted molar refractivity (Wildman–Crippen MR) is 63.4 cm³/mol. The fourth-order valence-electron chi connectivity index (χ4n) is 1.34. The van der Waals surface area contributed by atoms with E-state index in [1.54, 1.807) is 30.5 Å². The van der Waals surface area contributed by atoms with Gasteiger partial charge in [-0.15, -0.1) is 0 Å². The summed E-state index contributed by atoms with van der Waals surface area (Å²) in [6.07, 6.45) is 4.17. The van der Waals surface area contributed by atoms with E-state index in [0.717, 1.165) is 11.4 Å². The average molecular weight is 252 g/mol. The predicted octanol–water partition coefficient (Wildman–Crippen LogP) is 1.69. The highest BCUT2D eigenvalue weighted by molar-refractivity contribution is 7.90. The smallest absolute Gasteiger partial charge is 0.180 e. The average Bonchev–Trinajstić information content (AvgIpc) is 2.78. The molecule has 0 atom stereocenters. The molecule has 0 aliphatic rings. The highest BCUT2D eigenvalue weighted by atomic mass is 32.2. The van der Waals surface area contributed by atoms with E-state index in [1.807, 2.05) is 0 Å². The van der Waals surface area contributed by atoms with Crippen LogP contribution in [0.5, 0.6) is 0 Å². The first-order valence-electron chi connectivity index (χ1n) is 4.97. The van der Waals surface area contributed by atoms with E-state index in [9.17, 15) is 8.42 Å². The summed E-state index contributed by atoms with van der Waals surface area (Å²) in [5.41, 5.74) is 0.828. The van der Waals surface area contributed by atoms with E-state index >= 15 is 0 Å². The van der Waals surface area contributed by atoms with Crippen molar-refractivity contribution in [2.45, 2.75) is 11.4 Å². The monoisotopic (exact) mass is 252 g/mol. The summed E-state index contributed by atoms with van der Waals surface area (Å²) in [5.74, 6) is 0.720. The fourth-order valence-corrected chi connectivity index (χ4v) is 1.97. The van der Waals surface area contributed by atoms with Gasteiger partial charge >= 0.3 is 0 Å². The van der Waals surface area contributed by atoms with E-state index in [4.69, 9.17) is 4.42 Å². The van der Waals surface area contributed by atoms with Gasteiger partial charge in [0.15, 0.2) is 16.2 Å². The van der Waals surface area contributed by atoms with Crippen LogP contribution in [0.3, 0.4) is 0 Å². The van der Waals surface area contributed by atoms with Crippen LogP contribution >= 0.6 is 0 Å². The largest absolute Gasteiger partial charge is 0.447 e. The van der Waals surface area contributed by atoms with E-state index < -0.39 is 9.84 Å². The molecule has 0 radical (unpaired) electrons. The third kappa shape index (κ3) is 3.07. The van der Waals surface area contributed by atoms with Gasteiger partial charge in [0.05, 0.1) is 17.6 Å². The van der Waals surface area contributed by atoms with Gasteiger partial charge in [0.25, 0.3) is 0 Å². The number of hydrogen-bond donors (Lipinski definition) is 1. The number of nitrogens with zero attached hydrogens (tertiary/aromatic N) is 1. The van der Waals surface area contributed by atoms with Crippen molar-refractivity contribution in [1.82, 2.24) is 4.98 Å². The Balaban J connectivity index is 2.04. The minimum Gasteiger partial charge on any atom is -0.447 e. The van der Waals surface area contributed by atoms with Crippen LogP contribution in [0.1, 0.15) is 5.76 Å². The maximum Gasteiger partial charge on any atom is 0.180 e. The Kier molecular flexibility index (Phi) is 3.14. The van der Waals surface area contributed by atoms with Crippen molar-refractivity contribution in [3.05, 3.63) is 42.6 Å². The molecule has 1 aromatic carbocycles. The molecule has 1 aromatic heterocycles. The molecule has 0 saturated carbocycles. The molecular formula is C11H12N2O3S. The summed E-state index contributed by atoms with van der Waals surface area (Å²) in [7, 11) is -3.13. The Morgan fingerprint density at radius 1 is 1.29 bits per heavy atom. The second-order valence-corrected chi connectivity index (χ2v) is 5.63. The van der Waals surface area contributed by atoms with Crippen molar-refractivity contribution in [2.75, 3.05) is 11.6 Å². The van der Waals surface area contributed by atoms with Crippen LogP contribution in [0, 0.1) is 0 Å². The first-order valence-corrected chi connectivity index (χ1v) is 6.86. The van der Waals surface area contributed by atoms with Crippen LogP contribution in [0.2, 0.25) is 0 Å². The molecule has 5 nitrogen and oxygen atoms in total. The van der Waals surface area contributed by atoms with Crippen molar-refractivity contribution >= 4 is 15.5 Å². The van der Waals surface area contributed by atoms with Crippen LogP contribution in [-0.2, 0) is 16.4 Å². The zero-order valence-electron chi connectivity index (χ0n) is 9.25. The molecule has 0 fully saturated rings. The number of benzene rings is 1. The molecule has 0 spiro atoms. The van der Waals surface area contributed by atoms with E-state index in [2.05, 4.69) is 10.3 Å². The molecule has 90 valence electrons. The molecule has 2 rings (SSSR count). The Labute approximate surface area is 99.4 Å². The SMILES string of the molecule is CS(=O)(=O)c1ccc(NCc2cnco2)cc1. The molecule has 0 unspecified atom stereocenters. The van der Waals surface area contributed by atoms with Gasteiger partial charge in [0.2, 0.25) is 0 Å². The number of hydrogen-bond acceptors (Lipinski definition) is 5. The van der Waals surface area contributed by atoms with Crippen LogP contribution in [0.4, 0.5) is 5.69 Å². The number of sulfone groups is 1. The van der Waals surface area contributed by atoms with E-state index in [-0.39, 0.29) is 0 Å². The van der Waals surface area contributed by atoms with Crippen molar-refractivity contribution in [2.24, 2.45) is 0 Å². The summed E-state index contributed by atoms with van der Waals surface area (Å²) in [6, 6.07) is 6.57. The lowest BCUT2D eigenvalue weighted by Gasteiger charge is -2.04. The minimum atomic E-state index is -3.13. The van der Waals surface area contributed by atoms with Gasteiger partial charge < -0.3 is 9.73 Å². The lowest BCUT2D eigenvalue weighted by atomic mass is 10.3. The normalized spacial score (nSPS) is 11.4. The van der Waals surface area contributed by atoms with Crippen LogP contribution < -0.4 is 5.32 Å². The van der Waals surface area contributed by atoms with Gasteiger partial charge in [-0.3, -0.25) is 0 Å². The van der Waals surface area contributed by atoms with Crippen LogP contribution in [-0.4, -0.2) is 19.7 Å². The van der Waals surface area contributed by atoms with E-state index in [0.29, 0.717) is 11.4 Å². The van der Waals surface area contributed by atoms with Crippen LogP contribution in [0.25, 0.3) is 0 Å². The molecular weight excluding hydrogens is 240 g/mol. The second-order valence-electron chi connectivity index (χ2n) is 3.62. The third-order valence-electron chi connectivity index (χ3n) is 2.23. The quantitative estimate of drug-likeness (QED) is 0.896. The van der Waals surface area contributed by atoms with Crippen molar-refractivity contribution in [1.29, 1.82) is 0 Å². The lowest BCUT2D eigenvalue weighted by molar-refractivity contribution is 0.511. The minimum absolute atomic E-state index is 0.308. The number of anilines is 1. The zero-order valence-corrected chi connectivity index (χ0v) is 10.1. The number of oxazole rings is 1. The van der Waals surface area contributed by atoms with Gasteiger partial charge in [-0.2, -0.15) is 0 Å². The number of rotatable bonds is 4. The molecule has 6 heteroatoms. The number of nitrogens with one attached hydrogen (secondary N) is 1. The van der Waals surface area contributed by atoms with Crippen LogP contribution in [0.15, 0.2) is 46.2 Å².